The number of aryl methyl sites for hydroxylation is 1. The molecular formula is C63H85Br2Cl2N11O7. The summed E-state index contributed by atoms with van der Waals surface area (Å²) in [5.41, 5.74) is 12.9. The number of fused-ring (bicyclic) bond motifs is 3. The smallest absolute Gasteiger partial charge is 0.435 e. The third-order valence-electron chi connectivity index (χ3n) is 10.5. The lowest BCUT2D eigenvalue weighted by atomic mass is 10.1. The van der Waals surface area contributed by atoms with Gasteiger partial charge in [-0.05, 0) is 152 Å². The molecule has 0 aliphatic carbocycles. The Kier molecular flexibility index (Phi) is 36.0. The molecule has 85 heavy (non-hydrogen) atoms. The molecule has 9 aromatic rings. The van der Waals surface area contributed by atoms with Gasteiger partial charge in [-0.3, -0.25) is 4.99 Å². The first-order valence-electron chi connectivity index (χ1n) is 24.7. The minimum atomic E-state index is -1.05. The number of halogens is 4. The number of carboxylic acid groups (broad SMARTS) is 2. The van der Waals surface area contributed by atoms with E-state index in [-0.39, 0.29) is 66.6 Å². The summed E-state index contributed by atoms with van der Waals surface area (Å²) in [5.74, 6) is -0.717. The van der Waals surface area contributed by atoms with Gasteiger partial charge in [-0.2, -0.15) is 9.78 Å². The van der Waals surface area contributed by atoms with E-state index in [1.165, 1.54) is 35.6 Å². The van der Waals surface area contributed by atoms with Gasteiger partial charge in [-0.25, -0.2) is 34.3 Å². The fourth-order valence-electron chi connectivity index (χ4n) is 6.90. The summed E-state index contributed by atoms with van der Waals surface area (Å²) in [5, 5.41) is 30.1. The lowest BCUT2D eigenvalue weighted by molar-refractivity contribution is 0.0513. The van der Waals surface area contributed by atoms with Gasteiger partial charge >= 0.3 is 18.0 Å². The minimum absolute atomic E-state index is 0. The lowest BCUT2D eigenvalue weighted by Crippen LogP contribution is -2.27. The SMILES string of the molecule is C.C.C.C.C.C.CC(C)(C)OC(=O)n1cc(-c2ccc(Nc3ccnc(Cl)n3)cc2)cn1.CC(C)N.CCCCC.Cc1c(C(=O)O)[nH]c2cc(Br)ccc12.Clc1nccc(Nc2ccc3c(c2)C=NC3)n1.O=C(O)c1cc2ccc(Br)cc2o1. The van der Waals surface area contributed by atoms with E-state index in [9.17, 15) is 14.4 Å². The highest BCUT2D eigenvalue weighted by Crippen LogP contribution is 2.27. The number of carboxylic acids is 2. The molecule has 0 saturated heterocycles. The van der Waals surface area contributed by atoms with Crippen LogP contribution in [0.15, 0.2) is 140 Å². The summed E-state index contributed by atoms with van der Waals surface area (Å²) < 4.78 is 13.4. The van der Waals surface area contributed by atoms with Gasteiger partial charge in [0.25, 0.3) is 0 Å². The van der Waals surface area contributed by atoms with Crippen molar-refractivity contribution in [2.75, 3.05) is 10.6 Å². The quantitative estimate of drug-likeness (QED) is 0.0734. The Balaban J connectivity index is 0. The molecule has 0 radical (unpaired) electrons. The first-order chi connectivity index (χ1) is 37.5. The van der Waals surface area contributed by atoms with Crippen LogP contribution in [0.2, 0.25) is 10.6 Å². The van der Waals surface area contributed by atoms with Crippen LogP contribution in [0.25, 0.3) is 33.0 Å². The van der Waals surface area contributed by atoms with E-state index in [1.54, 1.807) is 56.0 Å². The van der Waals surface area contributed by atoms with Gasteiger partial charge in [-0.15, -0.1) is 0 Å². The topological polar surface area (TPSA) is 262 Å². The van der Waals surface area contributed by atoms with Gasteiger partial charge in [0.05, 0.1) is 12.7 Å². The Bertz CT molecular complexity index is 3500. The molecule has 10 rings (SSSR count). The van der Waals surface area contributed by atoms with Crippen molar-refractivity contribution in [3.8, 4) is 11.1 Å². The van der Waals surface area contributed by atoms with Crippen molar-refractivity contribution >= 4 is 124 Å². The number of aromatic amines is 1. The maximum absolute atomic E-state index is 12.0. The molecule has 18 nitrogen and oxygen atoms in total. The molecule has 0 unspecified atom stereocenters. The van der Waals surface area contributed by atoms with Crippen molar-refractivity contribution in [1.29, 1.82) is 0 Å². The zero-order valence-electron chi connectivity index (χ0n) is 44.7. The van der Waals surface area contributed by atoms with Crippen LogP contribution in [0, 0.1) is 6.92 Å². The van der Waals surface area contributed by atoms with E-state index in [2.05, 4.69) is 97.4 Å². The third-order valence-corrected chi connectivity index (χ3v) is 11.8. The highest BCUT2D eigenvalue weighted by atomic mass is 79.9. The number of aromatic carboxylic acids is 2. The molecule has 0 bridgehead atoms. The van der Waals surface area contributed by atoms with Gasteiger partial charge < -0.3 is 40.7 Å². The van der Waals surface area contributed by atoms with Gasteiger partial charge in [0.15, 0.2) is 0 Å². The number of aliphatic imine (C=N–C) groups is 1. The number of furan rings is 1. The zero-order chi connectivity index (χ0) is 57.8. The average Bonchev–Trinajstić information content (AvgIpc) is 3.14. The van der Waals surface area contributed by atoms with Crippen molar-refractivity contribution in [3.63, 3.8) is 0 Å². The zero-order valence-corrected chi connectivity index (χ0v) is 49.4. The molecule has 1 aliphatic heterocycles. The van der Waals surface area contributed by atoms with Crippen LogP contribution >= 0.6 is 55.1 Å². The van der Waals surface area contributed by atoms with Crippen LogP contribution in [-0.4, -0.2) is 80.8 Å². The molecule has 0 saturated carbocycles. The highest BCUT2D eigenvalue weighted by Gasteiger charge is 2.19. The van der Waals surface area contributed by atoms with Crippen LogP contribution < -0.4 is 16.4 Å². The van der Waals surface area contributed by atoms with E-state index >= 15 is 0 Å². The maximum atomic E-state index is 12.0. The van der Waals surface area contributed by atoms with Crippen molar-refractivity contribution in [2.45, 2.75) is 137 Å². The monoisotopic (exact) mass is 1340 g/mol. The number of hydrogen-bond acceptors (Lipinski definition) is 14. The van der Waals surface area contributed by atoms with Crippen molar-refractivity contribution < 1.29 is 33.8 Å². The normalized spacial score (nSPS) is 10.2. The van der Waals surface area contributed by atoms with Gasteiger partial charge in [0.2, 0.25) is 16.3 Å². The van der Waals surface area contributed by atoms with Crippen molar-refractivity contribution in [2.24, 2.45) is 10.7 Å². The Hall–Kier alpha value is -7.49. The number of carbonyl (C=O) groups excluding carboxylic acids is 1. The molecule has 5 aromatic heterocycles. The van der Waals surface area contributed by atoms with Crippen molar-refractivity contribution in [1.82, 2.24) is 34.7 Å². The Morgan fingerprint density at radius 1 is 0.765 bits per heavy atom. The second kappa shape index (κ2) is 38.5. The second-order valence-corrected chi connectivity index (χ2v) is 21.1. The van der Waals surface area contributed by atoms with Crippen LogP contribution in [0.1, 0.15) is 150 Å². The van der Waals surface area contributed by atoms with E-state index in [0.717, 1.165) is 65.4 Å². The van der Waals surface area contributed by atoms with E-state index < -0.39 is 23.6 Å². The number of carbonyl (C=O) groups is 3. The number of aromatic nitrogens is 7. The molecule has 0 fully saturated rings. The molecule has 22 heteroatoms. The lowest BCUT2D eigenvalue weighted by Gasteiger charge is -2.18. The summed E-state index contributed by atoms with van der Waals surface area (Å²) in [7, 11) is 0. The van der Waals surface area contributed by atoms with Crippen LogP contribution in [0.4, 0.5) is 27.8 Å². The number of nitrogens with zero attached hydrogens (tertiary/aromatic N) is 7. The number of ether oxygens (including phenoxy) is 1. The predicted molar refractivity (Wildman–Crippen MR) is 361 cm³/mol. The fourth-order valence-corrected chi connectivity index (χ4v) is 7.89. The molecule has 7 N–H and O–H groups in total. The summed E-state index contributed by atoms with van der Waals surface area (Å²) in [6.45, 7) is 16.3. The summed E-state index contributed by atoms with van der Waals surface area (Å²) in [4.78, 5) is 56.3. The molecule has 0 spiro atoms. The maximum Gasteiger partial charge on any atom is 0.435 e. The fraction of sp³-hybridized carbons (Fsp3) is 0.317. The van der Waals surface area contributed by atoms with Crippen LogP contribution in [0.5, 0.6) is 0 Å². The molecule has 4 aromatic carbocycles. The first-order valence-corrected chi connectivity index (χ1v) is 27.1. The third kappa shape index (κ3) is 26.1. The molecule has 0 amide bonds. The number of hydrogen-bond donors (Lipinski definition) is 6. The largest absolute Gasteiger partial charge is 0.477 e. The number of rotatable bonds is 9. The molecular weight excluding hydrogens is 1250 g/mol. The standard InChI is InChI=1S/C18H18ClN5O2.C12H9ClN4.C10H8BrNO2.C9H5BrO3.C5H12.C3H9N.6CH4/c1-18(2,3)26-17(25)24-11-13(10-21-24)12-4-6-14(7-5-12)22-15-8-9-20-16(19)23-15;13-12-15-4-3-11(17-12)16-10-2-1-8-6-14-7-9(8)5-10;1-5-7-3-2-6(11)4-8(7)12-9(5)10(13)14;10-6-2-1-5-3-8(9(11)12)13-7(5)4-6;1-3-5-4-2;1-3(2)4;;;;;;/h4-11H,1-3H3,(H,20,22,23);1-5,7H,6H2,(H,15,16,17);2-4,12H,1H3,(H,13,14);1-4H,(H,11,12);3-5H2,1-2H3;3H,4H2,1-2H3;6*1H4. The van der Waals surface area contributed by atoms with E-state index in [1.807, 2.05) is 101 Å². The average molecular weight is 1340 g/mol. The number of nitrogens with one attached hydrogen (secondary N) is 3. The summed E-state index contributed by atoms with van der Waals surface area (Å²) in [6, 6.07) is 30.1. The second-order valence-electron chi connectivity index (χ2n) is 18.6. The van der Waals surface area contributed by atoms with E-state index in [4.69, 9.17) is 48.3 Å². The number of benzene rings is 4. The van der Waals surface area contributed by atoms with Gasteiger partial charge in [0, 0.05) is 67.0 Å². The van der Waals surface area contributed by atoms with Crippen LogP contribution in [-0.2, 0) is 11.3 Å². The number of nitrogens with two attached hydrogens (primary N) is 1. The van der Waals surface area contributed by atoms with Crippen LogP contribution in [0.3, 0.4) is 0 Å². The van der Waals surface area contributed by atoms with E-state index in [0.29, 0.717) is 23.3 Å². The van der Waals surface area contributed by atoms with Gasteiger partial charge in [0.1, 0.15) is 28.5 Å². The minimum Gasteiger partial charge on any atom is -0.477 e. The molecule has 1 aliphatic rings. The Morgan fingerprint density at radius 3 is 1.85 bits per heavy atom. The van der Waals surface area contributed by atoms with Crippen molar-refractivity contribution in [3.05, 3.63) is 170 Å². The molecule has 462 valence electrons. The first kappa shape index (κ1) is 79.6. The summed E-state index contributed by atoms with van der Waals surface area (Å²) >= 11 is 18.1. The summed E-state index contributed by atoms with van der Waals surface area (Å²) in [6.07, 6.45) is 11.9. The predicted octanol–water partition coefficient (Wildman–Crippen LogP) is 19.5. The van der Waals surface area contributed by atoms with Gasteiger partial charge in [-0.1, -0.05) is 148 Å². The Labute approximate surface area is 528 Å². The number of H-pyrrole nitrogens is 1. The number of anilines is 4. The number of unbranched alkanes of at least 4 members (excludes halogenated alkanes) is 2. The molecule has 6 heterocycles. The highest BCUT2D eigenvalue weighted by molar-refractivity contribution is 9.10. The Morgan fingerprint density at radius 2 is 1.32 bits per heavy atom. The molecule has 0 atom stereocenters.